The molecule has 0 aromatic carbocycles. The number of amides is 4. The average Bonchev–Trinajstić information content (AvgIpc) is 2.75. The maximum absolute atomic E-state index is 12.7. The lowest BCUT2D eigenvalue weighted by Crippen LogP contribution is -2.54. The van der Waals surface area contributed by atoms with Crippen LogP contribution in [0.3, 0.4) is 0 Å². The van der Waals surface area contributed by atoms with Crippen molar-refractivity contribution in [1.29, 1.82) is 0 Å². The van der Waals surface area contributed by atoms with Gasteiger partial charge in [0.2, 0.25) is 5.91 Å². The van der Waals surface area contributed by atoms with Crippen molar-refractivity contribution in [3.63, 3.8) is 0 Å². The molecule has 1 heterocycles. The monoisotopic (exact) mass is 324 g/mol. The van der Waals surface area contributed by atoms with Crippen LogP contribution in [0.2, 0.25) is 0 Å². The Morgan fingerprint density at radius 3 is 2.78 bits per heavy atom. The second-order valence-corrected chi connectivity index (χ2v) is 6.54. The van der Waals surface area contributed by atoms with E-state index in [2.05, 4.69) is 22.9 Å². The first-order valence-electron chi connectivity index (χ1n) is 8.62. The molecule has 2 fully saturated rings. The third-order valence-corrected chi connectivity index (χ3v) is 4.85. The van der Waals surface area contributed by atoms with E-state index in [4.69, 9.17) is 0 Å². The van der Waals surface area contributed by atoms with Gasteiger partial charge in [-0.05, 0) is 31.7 Å². The Bertz CT molecular complexity index is 468. The standard InChI is InChI=1S/C16H28N4O3/c1-3-8-17-9-10-18-13(21)11-20-14(22)16(19-15(20)23)7-5-4-6-12(16)2/h12,17H,3-11H2,1-2H3,(H,18,21)(H,19,23). The van der Waals surface area contributed by atoms with Crippen LogP contribution in [0.5, 0.6) is 0 Å². The molecule has 3 N–H and O–H groups in total. The lowest BCUT2D eigenvalue weighted by Gasteiger charge is -2.36. The summed E-state index contributed by atoms with van der Waals surface area (Å²) in [5.74, 6) is -0.430. The summed E-state index contributed by atoms with van der Waals surface area (Å²) in [5.41, 5.74) is -0.793. The fourth-order valence-corrected chi connectivity index (χ4v) is 3.43. The zero-order valence-corrected chi connectivity index (χ0v) is 14.1. The summed E-state index contributed by atoms with van der Waals surface area (Å²) in [7, 11) is 0. The van der Waals surface area contributed by atoms with Crippen molar-refractivity contribution >= 4 is 17.8 Å². The summed E-state index contributed by atoms with van der Waals surface area (Å²) in [5, 5.41) is 8.77. The fraction of sp³-hybridized carbons (Fsp3) is 0.812. The van der Waals surface area contributed by atoms with Gasteiger partial charge in [0.05, 0.1) is 0 Å². The Kier molecular flexibility index (Phi) is 5.98. The lowest BCUT2D eigenvalue weighted by atomic mass is 9.73. The van der Waals surface area contributed by atoms with Gasteiger partial charge in [0.1, 0.15) is 12.1 Å². The Morgan fingerprint density at radius 2 is 2.09 bits per heavy atom. The zero-order chi connectivity index (χ0) is 16.9. The van der Waals surface area contributed by atoms with Gasteiger partial charge in [0.25, 0.3) is 5.91 Å². The van der Waals surface area contributed by atoms with Crippen LogP contribution in [0.1, 0.15) is 46.0 Å². The van der Waals surface area contributed by atoms with Crippen molar-refractivity contribution < 1.29 is 14.4 Å². The number of nitrogens with zero attached hydrogens (tertiary/aromatic N) is 1. The van der Waals surface area contributed by atoms with Crippen LogP contribution in [0.4, 0.5) is 4.79 Å². The summed E-state index contributed by atoms with van der Waals surface area (Å²) < 4.78 is 0. The maximum atomic E-state index is 12.7. The third-order valence-electron chi connectivity index (χ3n) is 4.85. The molecule has 0 radical (unpaired) electrons. The first-order chi connectivity index (χ1) is 11.0. The Balaban J connectivity index is 1.87. The van der Waals surface area contributed by atoms with E-state index in [9.17, 15) is 14.4 Å². The van der Waals surface area contributed by atoms with Gasteiger partial charge in [-0.1, -0.05) is 26.7 Å². The molecule has 1 aliphatic carbocycles. The largest absolute Gasteiger partial charge is 0.353 e. The SMILES string of the molecule is CCCNCCNC(=O)CN1C(=O)NC2(CCCCC2C)C1=O. The summed E-state index contributed by atoms with van der Waals surface area (Å²) >= 11 is 0. The fourth-order valence-electron chi connectivity index (χ4n) is 3.43. The van der Waals surface area contributed by atoms with Crippen LogP contribution < -0.4 is 16.0 Å². The predicted octanol–water partition coefficient (Wildman–Crippen LogP) is 0.603. The molecular formula is C16H28N4O3. The lowest BCUT2D eigenvalue weighted by molar-refractivity contribution is -0.137. The van der Waals surface area contributed by atoms with E-state index in [1.807, 2.05) is 6.92 Å². The Labute approximate surface area is 137 Å². The van der Waals surface area contributed by atoms with E-state index in [-0.39, 0.29) is 24.3 Å². The molecule has 1 saturated carbocycles. The van der Waals surface area contributed by atoms with Crippen LogP contribution in [0.25, 0.3) is 0 Å². The van der Waals surface area contributed by atoms with Crippen molar-refractivity contribution in [3.8, 4) is 0 Å². The number of nitrogens with one attached hydrogen (secondary N) is 3. The minimum absolute atomic E-state index is 0.110. The van der Waals surface area contributed by atoms with Crippen molar-refractivity contribution in [2.45, 2.75) is 51.5 Å². The molecule has 7 nitrogen and oxygen atoms in total. The molecule has 0 aromatic rings. The Hall–Kier alpha value is -1.63. The van der Waals surface area contributed by atoms with Gasteiger partial charge in [-0.3, -0.25) is 14.5 Å². The summed E-state index contributed by atoms with van der Waals surface area (Å²) in [6.07, 6.45) is 4.64. The van der Waals surface area contributed by atoms with E-state index in [0.717, 1.165) is 37.1 Å². The molecule has 2 rings (SSSR count). The molecule has 0 aromatic heterocycles. The number of imide groups is 1. The molecule has 0 bridgehead atoms. The highest BCUT2D eigenvalue weighted by molar-refractivity contribution is 6.09. The highest BCUT2D eigenvalue weighted by Crippen LogP contribution is 2.37. The molecule has 23 heavy (non-hydrogen) atoms. The summed E-state index contributed by atoms with van der Waals surface area (Å²) in [4.78, 5) is 37.9. The molecule has 2 aliphatic rings. The summed E-state index contributed by atoms with van der Waals surface area (Å²) in [6, 6.07) is -0.442. The van der Waals surface area contributed by atoms with Crippen molar-refractivity contribution in [2.24, 2.45) is 5.92 Å². The molecule has 1 saturated heterocycles. The number of hydrogen-bond donors (Lipinski definition) is 3. The second kappa shape index (κ2) is 7.77. The van der Waals surface area contributed by atoms with Gasteiger partial charge in [0.15, 0.2) is 0 Å². The van der Waals surface area contributed by atoms with E-state index < -0.39 is 11.6 Å². The summed E-state index contributed by atoms with van der Waals surface area (Å²) in [6.45, 7) is 5.95. The second-order valence-electron chi connectivity index (χ2n) is 6.54. The van der Waals surface area contributed by atoms with Crippen molar-refractivity contribution in [3.05, 3.63) is 0 Å². The normalized spacial score (nSPS) is 27.4. The van der Waals surface area contributed by atoms with Gasteiger partial charge in [0, 0.05) is 13.1 Å². The predicted molar refractivity (Wildman–Crippen MR) is 86.8 cm³/mol. The third kappa shape index (κ3) is 3.83. The van der Waals surface area contributed by atoms with Crippen LogP contribution in [-0.4, -0.2) is 54.5 Å². The van der Waals surface area contributed by atoms with E-state index in [1.54, 1.807) is 0 Å². The van der Waals surface area contributed by atoms with Crippen LogP contribution in [-0.2, 0) is 9.59 Å². The minimum atomic E-state index is -0.793. The van der Waals surface area contributed by atoms with E-state index in [1.165, 1.54) is 0 Å². The van der Waals surface area contributed by atoms with Crippen molar-refractivity contribution in [2.75, 3.05) is 26.2 Å². The van der Waals surface area contributed by atoms with Gasteiger partial charge < -0.3 is 16.0 Å². The van der Waals surface area contributed by atoms with Crippen LogP contribution in [0.15, 0.2) is 0 Å². The minimum Gasteiger partial charge on any atom is -0.353 e. The molecule has 130 valence electrons. The molecule has 2 atom stereocenters. The molecule has 2 unspecified atom stereocenters. The van der Waals surface area contributed by atoms with Gasteiger partial charge in [-0.25, -0.2) is 4.79 Å². The first-order valence-corrected chi connectivity index (χ1v) is 8.62. The quantitative estimate of drug-likeness (QED) is 0.472. The molecule has 4 amide bonds. The zero-order valence-electron chi connectivity index (χ0n) is 14.1. The smallest absolute Gasteiger partial charge is 0.325 e. The highest BCUT2D eigenvalue weighted by Gasteiger charge is 2.55. The maximum Gasteiger partial charge on any atom is 0.325 e. The number of carbonyl (C=O) groups excluding carboxylic acids is 3. The molecular weight excluding hydrogens is 296 g/mol. The number of rotatable bonds is 7. The van der Waals surface area contributed by atoms with Gasteiger partial charge in [-0.2, -0.15) is 0 Å². The van der Waals surface area contributed by atoms with Crippen LogP contribution >= 0.6 is 0 Å². The van der Waals surface area contributed by atoms with E-state index >= 15 is 0 Å². The molecule has 1 spiro atoms. The van der Waals surface area contributed by atoms with Crippen LogP contribution in [0, 0.1) is 5.92 Å². The topological polar surface area (TPSA) is 90.5 Å². The van der Waals surface area contributed by atoms with Gasteiger partial charge >= 0.3 is 6.03 Å². The Morgan fingerprint density at radius 1 is 1.30 bits per heavy atom. The first kappa shape index (κ1) is 17.7. The highest BCUT2D eigenvalue weighted by atomic mass is 16.2. The molecule has 1 aliphatic heterocycles. The number of urea groups is 1. The van der Waals surface area contributed by atoms with Crippen molar-refractivity contribution in [1.82, 2.24) is 20.9 Å². The van der Waals surface area contributed by atoms with Gasteiger partial charge in [-0.15, -0.1) is 0 Å². The molecule has 7 heteroatoms. The van der Waals surface area contributed by atoms with E-state index in [0.29, 0.717) is 19.5 Å². The number of carbonyl (C=O) groups is 3. The average molecular weight is 324 g/mol. The number of hydrogen-bond acceptors (Lipinski definition) is 4.